The van der Waals surface area contributed by atoms with Gasteiger partial charge >= 0.3 is 0 Å². The Hall–Kier alpha value is -0.116. The van der Waals surface area contributed by atoms with Gasteiger partial charge in [0, 0.05) is 18.6 Å². The molecule has 2 aromatic rings. The molecular formula is C10H10P2V. The molecule has 0 aliphatic carbocycles. The minimum atomic E-state index is 0. The van der Waals surface area contributed by atoms with E-state index in [0.29, 0.717) is 0 Å². The molecule has 0 bridgehead atoms. The quantitative estimate of drug-likeness (QED) is 0.637. The van der Waals surface area contributed by atoms with Crippen molar-refractivity contribution in [2.75, 3.05) is 0 Å². The van der Waals surface area contributed by atoms with Crippen LogP contribution in [0.15, 0.2) is 59.6 Å². The Morgan fingerprint density at radius 3 is 0.846 bits per heavy atom. The predicted molar refractivity (Wildman–Crippen MR) is 57.9 cm³/mol. The summed E-state index contributed by atoms with van der Waals surface area (Å²) < 4.78 is 0. The Morgan fingerprint density at radius 2 is 0.769 bits per heavy atom. The van der Waals surface area contributed by atoms with E-state index < -0.39 is 0 Å². The summed E-state index contributed by atoms with van der Waals surface area (Å²) in [6, 6.07) is 12.2. The maximum absolute atomic E-state index is 2.10. The van der Waals surface area contributed by atoms with Crippen LogP contribution in [0.1, 0.15) is 0 Å². The second-order valence-corrected chi connectivity index (χ2v) is 3.84. The molecule has 0 aliphatic heterocycles. The summed E-state index contributed by atoms with van der Waals surface area (Å²) in [5.74, 6) is 8.39. The summed E-state index contributed by atoms with van der Waals surface area (Å²) in [7, 11) is 2.61. The maximum atomic E-state index is 2.10. The second kappa shape index (κ2) is 9.97. The van der Waals surface area contributed by atoms with Crippen LogP contribution >= 0.6 is 16.4 Å². The van der Waals surface area contributed by atoms with Gasteiger partial charge in [0.15, 0.2) is 0 Å². The Balaban J connectivity index is 0.000000206. The first-order chi connectivity index (χ1) is 6.00. The van der Waals surface area contributed by atoms with Crippen LogP contribution < -0.4 is 0 Å². The summed E-state index contributed by atoms with van der Waals surface area (Å²) in [5, 5.41) is 0. The molecule has 3 heteroatoms. The zero-order valence-corrected chi connectivity index (χ0v) is 10.3. The van der Waals surface area contributed by atoms with E-state index in [9.17, 15) is 0 Å². The summed E-state index contributed by atoms with van der Waals surface area (Å²) in [6.45, 7) is 0. The van der Waals surface area contributed by atoms with Crippen LogP contribution in [-0.4, -0.2) is 0 Å². The van der Waals surface area contributed by atoms with E-state index in [0.717, 1.165) is 0 Å². The third-order valence-corrected chi connectivity index (χ3v) is 2.51. The average Bonchev–Trinajstić information content (AvgIpc) is 2.24. The average molecular weight is 243 g/mol. The van der Waals surface area contributed by atoms with Crippen LogP contribution in [0.5, 0.6) is 0 Å². The molecule has 1 radical (unpaired) electrons. The van der Waals surface area contributed by atoms with E-state index in [4.69, 9.17) is 0 Å². The Kier molecular flexibility index (Phi) is 9.88. The molecular weight excluding hydrogens is 233 g/mol. The standard InChI is InChI=1S/2C5H5P.V/c2*1-2-4-6-5-3-1;/h2*1-5H;. The molecule has 2 aromatic heterocycles. The topological polar surface area (TPSA) is 0 Å². The largest absolute Gasteiger partial charge is 0.0765 e. The smallest absolute Gasteiger partial charge is 0 e. The number of hydrogen-bond acceptors (Lipinski definition) is 0. The number of hydrogen-bond donors (Lipinski definition) is 0. The molecule has 13 heavy (non-hydrogen) atoms. The Labute approximate surface area is 94.5 Å². The molecule has 0 saturated carbocycles. The van der Waals surface area contributed by atoms with Gasteiger partial charge in [-0.05, 0) is 23.2 Å². The number of rotatable bonds is 0. The Morgan fingerprint density at radius 1 is 0.462 bits per heavy atom. The van der Waals surface area contributed by atoms with Crippen LogP contribution in [0.2, 0.25) is 0 Å². The molecule has 0 amide bonds. The third-order valence-electron chi connectivity index (χ3n) is 1.13. The van der Waals surface area contributed by atoms with Crippen LogP contribution in [-0.2, 0) is 18.6 Å². The molecule has 65 valence electrons. The van der Waals surface area contributed by atoms with Gasteiger partial charge in [0.1, 0.15) is 0 Å². The van der Waals surface area contributed by atoms with Crippen LogP contribution in [0.25, 0.3) is 0 Å². The van der Waals surface area contributed by atoms with Gasteiger partial charge in [0.05, 0.1) is 0 Å². The van der Waals surface area contributed by atoms with Gasteiger partial charge in [-0.3, -0.25) is 0 Å². The van der Waals surface area contributed by atoms with E-state index in [-0.39, 0.29) is 18.6 Å². The zero-order valence-electron chi connectivity index (χ0n) is 7.12. The Bertz CT molecular complexity index is 188. The van der Waals surface area contributed by atoms with E-state index in [2.05, 4.69) is 23.2 Å². The van der Waals surface area contributed by atoms with Gasteiger partial charge in [-0.15, -0.1) is 0 Å². The minimum Gasteiger partial charge on any atom is -0.0765 e. The maximum Gasteiger partial charge on any atom is 0 e. The SMILES string of the molecule is [V].c1ccpcc1.c1ccpcc1. The minimum absolute atomic E-state index is 0. The second-order valence-electron chi connectivity index (χ2n) is 2.05. The van der Waals surface area contributed by atoms with E-state index in [1.54, 1.807) is 0 Å². The fraction of sp³-hybridized carbons (Fsp3) is 0. The van der Waals surface area contributed by atoms with Gasteiger partial charge in [-0.2, -0.15) is 0 Å². The van der Waals surface area contributed by atoms with Crippen molar-refractivity contribution in [1.29, 1.82) is 0 Å². The van der Waals surface area contributed by atoms with Crippen LogP contribution in [0, 0.1) is 0 Å². The van der Waals surface area contributed by atoms with Gasteiger partial charge in [-0.1, -0.05) is 52.8 Å². The molecule has 0 unspecified atom stereocenters. The van der Waals surface area contributed by atoms with Gasteiger partial charge in [-0.25, -0.2) is 0 Å². The predicted octanol–water partition coefficient (Wildman–Crippen LogP) is 4.53. The van der Waals surface area contributed by atoms with Crippen molar-refractivity contribution in [2.24, 2.45) is 0 Å². The van der Waals surface area contributed by atoms with Crippen molar-refractivity contribution < 1.29 is 18.6 Å². The van der Waals surface area contributed by atoms with Gasteiger partial charge in [0.2, 0.25) is 0 Å². The fourth-order valence-corrected chi connectivity index (χ4v) is 1.62. The van der Waals surface area contributed by atoms with Crippen molar-refractivity contribution >= 4 is 16.4 Å². The molecule has 0 aromatic carbocycles. The van der Waals surface area contributed by atoms with Crippen molar-refractivity contribution in [3.63, 3.8) is 0 Å². The summed E-state index contributed by atoms with van der Waals surface area (Å²) in [6.07, 6.45) is 0. The van der Waals surface area contributed by atoms with Crippen molar-refractivity contribution in [3.05, 3.63) is 59.6 Å². The zero-order chi connectivity index (χ0) is 8.49. The van der Waals surface area contributed by atoms with Crippen molar-refractivity contribution in [2.45, 2.75) is 0 Å². The molecule has 0 nitrogen and oxygen atoms in total. The summed E-state index contributed by atoms with van der Waals surface area (Å²) in [4.78, 5) is 0. The third kappa shape index (κ3) is 8.22. The molecule has 0 N–H and O–H groups in total. The molecule has 0 spiro atoms. The first kappa shape index (κ1) is 12.9. The van der Waals surface area contributed by atoms with Crippen molar-refractivity contribution in [3.8, 4) is 0 Å². The fourth-order valence-electron chi connectivity index (χ4n) is 0.625. The van der Waals surface area contributed by atoms with Crippen LogP contribution in [0.4, 0.5) is 0 Å². The molecule has 0 aliphatic rings. The summed E-state index contributed by atoms with van der Waals surface area (Å²) in [5.41, 5.74) is 0. The molecule has 2 rings (SSSR count). The van der Waals surface area contributed by atoms with Crippen LogP contribution in [0.3, 0.4) is 0 Å². The first-order valence-corrected chi connectivity index (χ1v) is 5.77. The normalized spacial score (nSPS) is 7.38. The first-order valence-electron chi connectivity index (χ1n) is 3.70. The van der Waals surface area contributed by atoms with Gasteiger partial charge < -0.3 is 0 Å². The molecule has 2 heterocycles. The summed E-state index contributed by atoms with van der Waals surface area (Å²) >= 11 is 0. The van der Waals surface area contributed by atoms with E-state index >= 15 is 0 Å². The monoisotopic (exact) mass is 243 g/mol. The molecule has 0 fully saturated rings. The van der Waals surface area contributed by atoms with E-state index in [1.807, 2.05) is 36.4 Å². The van der Waals surface area contributed by atoms with E-state index in [1.165, 1.54) is 16.4 Å². The van der Waals surface area contributed by atoms with Crippen molar-refractivity contribution in [1.82, 2.24) is 0 Å². The molecule has 0 saturated heterocycles. The van der Waals surface area contributed by atoms with Gasteiger partial charge in [0.25, 0.3) is 0 Å². The molecule has 0 atom stereocenters.